The van der Waals surface area contributed by atoms with Gasteiger partial charge in [0.2, 0.25) is 0 Å². The molecule has 0 aliphatic heterocycles. The number of Topliss-reactive ketones (excluding diaryl/α,β-unsaturated/α-hetero) is 1. The van der Waals surface area contributed by atoms with Crippen molar-refractivity contribution in [3.05, 3.63) is 18.7 Å². The topological polar surface area (TPSA) is 55.1 Å². The summed E-state index contributed by atoms with van der Waals surface area (Å²) in [6, 6.07) is 0. The Balaban J connectivity index is 1.31. The summed E-state index contributed by atoms with van der Waals surface area (Å²) in [5.74, 6) is 6.94. The molecule has 30 heavy (non-hydrogen) atoms. The van der Waals surface area contributed by atoms with Crippen molar-refractivity contribution in [2.24, 2.45) is 40.9 Å². The Kier molecular flexibility index (Phi) is 5.27. The number of ketones is 1. The van der Waals surface area contributed by atoms with Gasteiger partial charge in [0.25, 0.3) is 0 Å². The van der Waals surface area contributed by atoms with E-state index in [-0.39, 0.29) is 11.3 Å². The number of imidazole rings is 1. The van der Waals surface area contributed by atoms with Crippen molar-refractivity contribution < 1.29 is 9.90 Å². The van der Waals surface area contributed by atoms with Crippen LogP contribution in [0.1, 0.15) is 64.7 Å². The van der Waals surface area contributed by atoms with E-state index in [0.717, 1.165) is 37.5 Å². The first kappa shape index (κ1) is 20.6. The summed E-state index contributed by atoms with van der Waals surface area (Å²) in [5, 5.41) is 13.2. The van der Waals surface area contributed by atoms with E-state index in [1.54, 1.807) is 12.5 Å². The molecule has 0 saturated heterocycles. The first-order valence-corrected chi connectivity index (χ1v) is 12.1. The van der Waals surface area contributed by atoms with Gasteiger partial charge in [0, 0.05) is 23.7 Å². The zero-order valence-electron chi connectivity index (χ0n) is 17.9. The standard InChI is InChI=1S/C25H33ClN2O2/c1-24-8-6-19-18-7-9-25(30,10-11-26)14-17(18)2-3-20(19)21(24)4-5-22(24)23(29)15-28-13-12-27-16-28/h12-13,16-22,30H,2-9,14-15H2,1H3/t17-,18+,19-,20-,21+,22-,24+,25-/m1/s1. The first-order chi connectivity index (χ1) is 14.4. The summed E-state index contributed by atoms with van der Waals surface area (Å²) in [6.07, 6.45) is 15.1. The molecule has 4 aliphatic rings. The lowest BCUT2D eigenvalue weighted by molar-refractivity contribution is -0.132. The van der Waals surface area contributed by atoms with Crippen molar-refractivity contribution in [3.8, 4) is 11.3 Å². The van der Waals surface area contributed by atoms with Crippen molar-refractivity contribution in [3.63, 3.8) is 0 Å². The van der Waals surface area contributed by atoms with E-state index in [1.807, 2.05) is 10.8 Å². The summed E-state index contributed by atoms with van der Waals surface area (Å²) in [4.78, 5) is 17.3. The van der Waals surface area contributed by atoms with Gasteiger partial charge in [0.05, 0.1) is 12.9 Å². The zero-order chi connectivity index (χ0) is 20.9. The highest BCUT2D eigenvalue weighted by molar-refractivity contribution is 6.30. The fourth-order valence-electron chi connectivity index (χ4n) is 8.28. The molecular formula is C25H33ClN2O2. The van der Waals surface area contributed by atoms with Gasteiger partial charge in [0.1, 0.15) is 5.60 Å². The molecule has 162 valence electrons. The summed E-state index contributed by atoms with van der Waals surface area (Å²) >= 11 is 5.62. The molecule has 5 rings (SSSR count). The Morgan fingerprint density at radius 1 is 1.17 bits per heavy atom. The second-order valence-corrected chi connectivity index (χ2v) is 11.0. The molecule has 4 aliphatic carbocycles. The molecule has 0 radical (unpaired) electrons. The zero-order valence-corrected chi connectivity index (χ0v) is 18.7. The number of aliphatic hydroxyl groups is 1. The Morgan fingerprint density at radius 2 is 2.00 bits per heavy atom. The SMILES string of the molecule is C[C@]12CC[C@H]3[C@@H](CC[C@@H]4C[C@](O)(C#CCl)CC[C@@H]43)[C@@H]1CC[C@@H]2C(=O)Cn1ccnc1. The van der Waals surface area contributed by atoms with Crippen LogP contribution in [-0.2, 0) is 11.3 Å². The van der Waals surface area contributed by atoms with Crippen LogP contribution in [0.4, 0.5) is 0 Å². The quantitative estimate of drug-likeness (QED) is 0.713. The number of halogens is 1. The third kappa shape index (κ3) is 3.33. The van der Waals surface area contributed by atoms with E-state index >= 15 is 0 Å². The predicted octanol–water partition coefficient (Wildman–Crippen LogP) is 4.65. The predicted molar refractivity (Wildman–Crippen MR) is 116 cm³/mol. The maximum absolute atomic E-state index is 13.2. The molecule has 4 nitrogen and oxygen atoms in total. The van der Waals surface area contributed by atoms with E-state index in [0.29, 0.717) is 30.1 Å². The lowest BCUT2D eigenvalue weighted by atomic mass is 9.49. The lowest BCUT2D eigenvalue weighted by Crippen LogP contribution is -2.51. The van der Waals surface area contributed by atoms with Gasteiger partial charge in [-0.25, -0.2) is 4.98 Å². The average Bonchev–Trinajstić information content (AvgIpc) is 3.34. The third-order valence-corrected chi connectivity index (χ3v) is 9.67. The largest absolute Gasteiger partial charge is 0.378 e. The number of nitrogens with zero attached hydrogens (tertiary/aromatic N) is 2. The molecule has 4 saturated carbocycles. The number of hydrogen-bond donors (Lipinski definition) is 1. The smallest absolute Gasteiger partial charge is 0.156 e. The number of hydrogen-bond acceptors (Lipinski definition) is 3. The molecular weight excluding hydrogens is 396 g/mol. The minimum Gasteiger partial charge on any atom is -0.378 e. The van der Waals surface area contributed by atoms with Gasteiger partial charge in [-0.2, -0.15) is 0 Å². The van der Waals surface area contributed by atoms with E-state index in [9.17, 15) is 9.90 Å². The highest BCUT2D eigenvalue weighted by Gasteiger charge is 2.58. The summed E-state index contributed by atoms with van der Waals surface area (Å²) in [7, 11) is 0. The number of aromatic nitrogens is 2. The third-order valence-electron chi connectivity index (χ3n) is 9.58. The lowest BCUT2D eigenvalue weighted by Gasteiger charge is -2.56. The van der Waals surface area contributed by atoms with Gasteiger partial charge in [-0.05, 0) is 104 Å². The van der Waals surface area contributed by atoms with E-state index in [2.05, 4.69) is 23.2 Å². The van der Waals surface area contributed by atoms with Crippen LogP contribution in [0.15, 0.2) is 18.7 Å². The van der Waals surface area contributed by atoms with Crippen molar-refractivity contribution in [2.75, 3.05) is 0 Å². The normalized spacial score (nSPS) is 44.9. The summed E-state index contributed by atoms with van der Waals surface area (Å²) in [5.41, 5.74) is -0.720. The second kappa shape index (κ2) is 7.68. The molecule has 8 atom stereocenters. The second-order valence-electron chi connectivity index (χ2n) is 10.8. The molecule has 0 unspecified atom stereocenters. The molecule has 5 heteroatoms. The van der Waals surface area contributed by atoms with E-state index in [4.69, 9.17) is 11.6 Å². The molecule has 0 spiro atoms. The minimum atomic E-state index is -0.878. The van der Waals surface area contributed by atoms with Gasteiger partial charge in [-0.3, -0.25) is 4.79 Å². The number of fused-ring (bicyclic) bond motifs is 5. The highest BCUT2D eigenvalue weighted by Crippen LogP contribution is 2.64. The fourth-order valence-corrected chi connectivity index (χ4v) is 8.46. The van der Waals surface area contributed by atoms with Crippen LogP contribution in [0, 0.1) is 52.2 Å². The van der Waals surface area contributed by atoms with Gasteiger partial charge in [-0.15, -0.1) is 0 Å². The maximum atomic E-state index is 13.2. The molecule has 4 fully saturated rings. The highest BCUT2D eigenvalue weighted by atomic mass is 35.5. The molecule has 1 aromatic heterocycles. The fraction of sp³-hybridized carbons (Fsp3) is 0.760. The average molecular weight is 429 g/mol. The monoisotopic (exact) mass is 428 g/mol. The van der Waals surface area contributed by atoms with Crippen molar-refractivity contribution >= 4 is 17.4 Å². The number of rotatable bonds is 3. The van der Waals surface area contributed by atoms with Gasteiger partial charge in [0.15, 0.2) is 5.78 Å². The Labute approximate surface area is 184 Å². The van der Waals surface area contributed by atoms with Crippen LogP contribution < -0.4 is 0 Å². The molecule has 0 bridgehead atoms. The molecule has 0 aromatic carbocycles. The Morgan fingerprint density at radius 3 is 2.77 bits per heavy atom. The number of carbonyl (C=O) groups excluding carboxylic acids is 1. The van der Waals surface area contributed by atoms with Gasteiger partial charge >= 0.3 is 0 Å². The summed E-state index contributed by atoms with van der Waals surface area (Å²) < 4.78 is 1.92. The van der Waals surface area contributed by atoms with Crippen LogP contribution >= 0.6 is 11.6 Å². The van der Waals surface area contributed by atoms with Crippen molar-refractivity contribution in [1.29, 1.82) is 0 Å². The molecule has 1 heterocycles. The van der Waals surface area contributed by atoms with Crippen LogP contribution in [-0.4, -0.2) is 26.0 Å². The first-order valence-electron chi connectivity index (χ1n) is 11.8. The summed E-state index contributed by atoms with van der Waals surface area (Å²) in [6.45, 7) is 2.88. The van der Waals surface area contributed by atoms with Crippen LogP contribution in [0.5, 0.6) is 0 Å². The molecule has 0 amide bonds. The Bertz CT molecular complexity index is 858. The van der Waals surface area contributed by atoms with Gasteiger partial charge in [-0.1, -0.05) is 12.8 Å². The van der Waals surface area contributed by atoms with Crippen LogP contribution in [0.3, 0.4) is 0 Å². The van der Waals surface area contributed by atoms with Crippen molar-refractivity contribution in [2.45, 2.75) is 76.9 Å². The Hall–Kier alpha value is -1.31. The van der Waals surface area contributed by atoms with Crippen molar-refractivity contribution in [1.82, 2.24) is 9.55 Å². The van der Waals surface area contributed by atoms with Gasteiger partial charge < -0.3 is 9.67 Å². The van der Waals surface area contributed by atoms with E-state index < -0.39 is 5.60 Å². The van der Waals surface area contributed by atoms with Crippen LogP contribution in [0.2, 0.25) is 0 Å². The maximum Gasteiger partial charge on any atom is 0.156 e. The molecule has 1 N–H and O–H groups in total. The number of carbonyl (C=O) groups is 1. The minimum absolute atomic E-state index is 0.158. The molecule has 1 aromatic rings. The van der Waals surface area contributed by atoms with Crippen LogP contribution in [0.25, 0.3) is 0 Å². The van der Waals surface area contributed by atoms with E-state index in [1.165, 1.54) is 32.1 Å².